The van der Waals surface area contributed by atoms with E-state index < -0.39 is 4.92 Å². The van der Waals surface area contributed by atoms with Crippen molar-refractivity contribution in [3.05, 3.63) is 93.0 Å². The second-order valence-corrected chi connectivity index (χ2v) is 9.67. The number of carbonyl (C=O) groups is 2. The molecule has 8 nitrogen and oxygen atoms in total. The molecule has 0 spiro atoms. The molecule has 1 saturated heterocycles. The van der Waals surface area contributed by atoms with Gasteiger partial charge in [0.05, 0.1) is 28.0 Å². The molecule has 9 heteroatoms. The van der Waals surface area contributed by atoms with E-state index in [9.17, 15) is 19.7 Å². The van der Waals surface area contributed by atoms with Gasteiger partial charge in [0.25, 0.3) is 11.8 Å². The molecule has 2 bridgehead atoms. The molecule has 0 unspecified atom stereocenters. The Kier molecular flexibility index (Phi) is 5.34. The highest BCUT2D eigenvalue weighted by Gasteiger charge is 2.59. The molecule has 3 aromatic carbocycles. The van der Waals surface area contributed by atoms with Crippen molar-refractivity contribution < 1.29 is 19.2 Å². The van der Waals surface area contributed by atoms with Crippen LogP contribution in [0.25, 0.3) is 10.8 Å². The van der Waals surface area contributed by atoms with Crippen molar-refractivity contribution in [3.63, 3.8) is 0 Å². The summed E-state index contributed by atoms with van der Waals surface area (Å²) in [6, 6.07) is 16.3. The summed E-state index contributed by atoms with van der Waals surface area (Å²) < 4.78 is 5.83. The molecular formula is C27H20ClN3O5. The molecule has 2 amide bonds. The van der Waals surface area contributed by atoms with Gasteiger partial charge in [-0.1, -0.05) is 66.2 Å². The van der Waals surface area contributed by atoms with Crippen LogP contribution >= 0.6 is 11.6 Å². The largest absolute Gasteiger partial charge is 0.481 e. The highest BCUT2D eigenvalue weighted by Crippen LogP contribution is 2.52. The van der Waals surface area contributed by atoms with Gasteiger partial charge in [0.15, 0.2) is 0 Å². The molecule has 1 saturated carbocycles. The maximum Gasteiger partial charge on any atom is 0.313 e. The van der Waals surface area contributed by atoms with Crippen LogP contribution in [0.2, 0.25) is 5.02 Å². The van der Waals surface area contributed by atoms with Gasteiger partial charge in [-0.2, -0.15) is 10.1 Å². The zero-order valence-electron chi connectivity index (χ0n) is 18.9. The fourth-order valence-corrected chi connectivity index (χ4v) is 5.92. The number of hydrogen-bond acceptors (Lipinski definition) is 6. The average molecular weight is 502 g/mol. The van der Waals surface area contributed by atoms with Gasteiger partial charge in [-0.05, 0) is 40.7 Å². The fraction of sp³-hybridized carbons (Fsp3) is 0.222. The first-order valence-electron chi connectivity index (χ1n) is 11.6. The maximum atomic E-state index is 12.8. The number of carbonyl (C=O) groups excluding carboxylic acids is 2. The van der Waals surface area contributed by atoms with Gasteiger partial charge in [-0.25, -0.2) is 0 Å². The highest BCUT2D eigenvalue weighted by atomic mass is 35.5. The number of rotatable bonds is 6. The van der Waals surface area contributed by atoms with Crippen LogP contribution in [-0.2, 0) is 16.2 Å². The summed E-state index contributed by atoms with van der Waals surface area (Å²) in [7, 11) is 0. The van der Waals surface area contributed by atoms with Crippen molar-refractivity contribution in [2.24, 2.45) is 28.8 Å². The van der Waals surface area contributed by atoms with Crippen LogP contribution in [0.4, 0.5) is 5.69 Å². The van der Waals surface area contributed by atoms with Gasteiger partial charge in [0, 0.05) is 11.6 Å². The number of hydrazone groups is 1. The summed E-state index contributed by atoms with van der Waals surface area (Å²) in [4.78, 5) is 36.9. The van der Waals surface area contributed by atoms with E-state index in [1.165, 1.54) is 18.3 Å². The second-order valence-electron chi connectivity index (χ2n) is 9.27. The number of hydrogen-bond donors (Lipinski definition) is 0. The third kappa shape index (κ3) is 3.56. The van der Waals surface area contributed by atoms with E-state index in [2.05, 4.69) is 5.10 Å². The molecule has 2 aliphatic carbocycles. The summed E-state index contributed by atoms with van der Waals surface area (Å²) in [5.74, 6) is -1.30. The topological polar surface area (TPSA) is 102 Å². The van der Waals surface area contributed by atoms with E-state index >= 15 is 0 Å². The van der Waals surface area contributed by atoms with E-state index in [0.717, 1.165) is 27.8 Å². The smallest absolute Gasteiger partial charge is 0.313 e. The van der Waals surface area contributed by atoms with Crippen molar-refractivity contribution in [1.82, 2.24) is 5.01 Å². The molecule has 0 radical (unpaired) electrons. The Balaban J connectivity index is 1.25. The highest BCUT2D eigenvalue weighted by molar-refractivity contribution is 6.32. The Labute approximate surface area is 210 Å². The Morgan fingerprint density at radius 1 is 1.06 bits per heavy atom. The molecule has 3 aliphatic rings. The van der Waals surface area contributed by atoms with Crippen LogP contribution in [0.15, 0.2) is 71.9 Å². The maximum absolute atomic E-state index is 12.8. The minimum atomic E-state index is -0.582. The van der Waals surface area contributed by atoms with Crippen molar-refractivity contribution in [2.75, 3.05) is 0 Å². The molecule has 1 heterocycles. The first-order valence-corrected chi connectivity index (χ1v) is 12.0. The number of benzene rings is 3. The van der Waals surface area contributed by atoms with Crippen LogP contribution in [0.3, 0.4) is 0 Å². The lowest BCUT2D eigenvalue weighted by Gasteiger charge is -2.13. The van der Waals surface area contributed by atoms with Gasteiger partial charge < -0.3 is 4.74 Å². The number of fused-ring (bicyclic) bond motifs is 6. The SMILES string of the molecule is O=C1[C@@H]2[C@H](C(=O)N1N=Cc1cc(Cl)c(OCc3cccc4ccccc34)c([N+](=O)[O-])c1)[C@H]1C=C[C@H]2C1. The van der Waals surface area contributed by atoms with Gasteiger partial charge in [-0.15, -0.1) is 0 Å². The summed E-state index contributed by atoms with van der Waals surface area (Å²) >= 11 is 6.39. The van der Waals surface area contributed by atoms with E-state index in [0.29, 0.717) is 0 Å². The Morgan fingerprint density at radius 2 is 1.75 bits per heavy atom. The molecule has 0 aromatic heterocycles. The number of imide groups is 1. The molecule has 4 atom stereocenters. The standard InChI is InChI=1S/C27H20ClN3O5/c28-21-10-15(13-29-30-26(32)23-17-8-9-18(12-17)24(23)27(30)33)11-22(31(34)35)25(21)36-14-19-6-3-5-16-4-1-2-7-20(16)19/h1-11,13,17-18,23-24H,12,14H2/t17-,18-,23-,24+/m0/s1. The van der Waals surface area contributed by atoms with Crippen LogP contribution in [-0.4, -0.2) is 28.0 Å². The Bertz CT molecular complexity index is 1460. The van der Waals surface area contributed by atoms with Crippen LogP contribution < -0.4 is 4.74 Å². The third-order valence-electron chi connectivity index (χ3n) is 7.26. The lowest BCUT2D eigenvalue weighted by atomic mass is 9.85. The van der Waals surface area contributed by atoms with E-state index in [-0.39, 0.29) is 64.1 Å². The molecule has 1 aliphatic heterocycles. The molecule has 6 rings (SSSR count). The minimum Gasteiger partial charge on any atom is -0.481 e. The predicted octanol–water partition coefficient (Wildman–Crippen LogP) is 5.12. The molecular weight excluding hydrogens is 482 g/mol. The minimum absolute atomic E-state index is 0.0316. The zero-order valence-corrected chi connectivity index (χ0v) is 19.7. The molecule has 0 N–H and O–H groups in total. The average Bonchev–Trinajstić information content (AvgIpc) is 3.55. The summed E-state index contributed by atoms with van der Waals surface area (Å²) in [5, 5.41) is 18.9. The number of amides is 2. The molecule has 2 fully saturated rings. The number of halogens is 1. The number of ether oxygens (including phenoxy) is 1. The van der Waals surface area contributed by atoms with E-state index in [1.807, 2.05) is 54.6 Å². The number of nitro groups is 1. The summed E-state index contributed by atoms with van der Waals surface area (Å²) in [6.07, 6.45) is 6.08. The second kappa shape index (κ2) is 8.57. The van der Waals surface area contributed by atoms with Gasteiger partial charge in [0.1, 0.15) is 6.61 Å². The number of nitro benzene ring substituents is 1. The first kappa shape index (κ1) is 22.4. The lowest BCUT2D eigenvalue weighted by molar-refractivity contribution is -0.385. The van der Waals surface area contributed by atoms with Gasteiger partial charge in [-0.3, -0.25) is 19.7 Å². The summed E-state index contributed by atoms with van der Waals surface area (Å²) in [6.45, 7) is 0.0886. The van der Waals surface area contributed by atoms with Crippen LogP contribution in [0.5, 0.6) is 5.75 Å². The van der Waals surface area contributed by atoms with Crippen molar-refractivity contribution in [1.29, 1.82) is 0 Å². The zero-order chi connectivity index (χ0) is 25.0. The lowest BCUT2D eigenvalue weighted by Crippen LogP contribution is -2.28. The first-order chi connectivity index (χ1) is 17.4. The monoisotopic (exact) mass is 501 g/mol. The quantitative estimate of drug-likeness (QED) is 0.153. The normalized spacial score (nSPS) is 24.3. The Morgan fingerprint density at radius 3 is 2.47 bits per heavy atom. The van der Waals surface area contributed by atoms with Gasteiger partial charge >= 0.3 is 5.69 Å². The predicted molar refractivity (Wildman–Crippen MR) is 134 cm³/mol. The molecule has 3 aromatic rings. The third-order valence-corrected chi connectivity index (χ3v) is 7.55. The Hall–Kier alpha value is -4.04. The van der Waals surface area contributed by atoms with E-state index in [4.69, 9.17) is 16.3 Å². The van der Waals surface area contributed by atoms with E-state index in [1.54, 1.807) is 0 Å². The molecule has 36 heavy (non-hydrogen) atoms. The van der Waals surface area contributed by atoms with Gasteiger partial charge in [0.2, 0.25) is 5.75 Å². The molecule has 180 valence electrons. The van der Waals surface area contributed by atoms with Crippen molar-refractivity contribution >= 4 is 46.1 Å². The fourth-order valence-electron chi connectivity index (χ4n) is 5.65. The number of nitrogens with zero attached hydrogens (tertiary/aromatic N) is 3. The van der Waals surface area contributed by atoms with Crippen molar-refractivity contribution in [2.45, 2.75) is 13.0 Å². The van der Waals surface area contributed by atoms with Crippen LogP contribution in [0, 0.1) is 33.8 Å². The van der Waals surface area contributed by atoms with Crippen LogP contribution in [0.1, 0.15) is 17.5 Å². The summed E-state index contributed by atoms with van der Waals surface area (Å²) in [5.41, 5.74) is 0.814. The van der Waals surface area contributed by atoms with Crippen molar-refractivity contribution in [3.8, 4) is 5.75 Å². The number of allylic oxidation sites excluding steroid dienone is 2.